The molecule has 1 aromatic carbocycles. The number of carboxylic acids is 1. The van der Waals surface area contributed by atoms with Crippen LogP contribution in [0.3, 0.4) is 0 Å². The zero-order valence-corrected chi connectivity index (χ0v) is 13.4. The molecule has 0 aliphatic heterocycles. The highest BCUT2D eigenvalue weighted by atomic mass is 16.5. The maximum Gasteiger partial charge on any atom is 0.408 e. The molecule has 0 saturated heterocycles. The quantitative estimate of drug-likeness (QED) is 0.414. The number of alkyl carbamates (subject to hydrolysis) is 1. The number of amides is 1. The van der Waals surface area contributed by atoms with Gasteiger partial charge in [-0.05, 0) is 18.5 Å². The molecule has 7 heteroatoms. The lowest BCUT2D eigenvalue weighted by Gasteiger charge is -2.16. The van der Waals surface area contributed by atoms with Crippen LogP contribution in [0.1, 0.15) is 12.0 Å². The third-order valence-electron chi connectivity index (χ3n) is 3.12. The molecule has 3 N–H and O–H groups in total. The van der Waals surface area contributed by atoms with Gasteiger partial charge in [-0.3, -0.25) is 9.59 Å². The molecule has 130 valence electrons. The maximum atomic E-state index is 12.1. The molecule has 0 fully saturated rings. The molecule has 0 heterocycles. The van der Waals surface area contributed by atoms with Crippen LogP contribution in [0.4, 0.5) is 4.79 Å². The van der Waals surface area contributed by atoms with E-state index < -0.39 is 30.3 Å². The summed E-state index contributed by atoms with van der Waals surface area (Å²) in [5, 5.41) is 14.1. The minimum atomic E-state index is -1.18. The van der Waals surface area contributed by atoms with E-state index in [0.29, 0.717) is 6.54 Å². The minimum Gasteiger partial charge on any atom is -0.481 e. The van der Waals surface area contributed by atoms with Crippen molar-refractivity contribution in [3.8, 4) is 0 Å². The molecular weight excluding hydrogens is 312 g/mol. The van der Waals surface area contributed by atoms with Gasteiger partial charge in [0.1, 0.15) is 12.6 Å². The molecule has 0 spiro atoms. The average molecular weight is 334 g/mol. The predicted molar refractivity (Wildman–Crippen MR) is 88.7 cm³/mol. The predicted octanol–water partition coefficient (Wildman–Crippen LogP) is 1.14. The summed E-state index contributed by atoms with van der Waals surface area (Å²) in [5.74, 6) is -1.59. The third-order valence-corrected chi connectivity index (χ3v) is 3.12. The number of carbonyl (C=O) groups is 3. The third kappa shape index (κ3) is 8.09. The van der Waals surface area contributed by atoms with Crippen LogP contribution in [0.5, 0.6) is 0 Å². The van der Waals surface area contributed by atoms with Gasteiger partial charge in [0.25, 0.3) is 0 Å². The van der Waals surface area contributed by atoms with Crippen molar-refractivity contribution in [3.05, 3.63) is 48.6 Å². The SMILES string of the molecule is C=CCOC(=O)N[C@@H](CC(=O)O)C(=O)CNCCc1ccccc1. The zero-order valence-electron chi connectivity index (χ0n) is 13.4. The monoisotopic (exact) mass is 334 g/mol. The molecule has 1 atom stereocenters. The number of carboxylic acid groups (broad SMARTS) is 1. The molecule has 0 aliphatic carbocycles. The van der Waals surface area contributed by atoms with Crippen LogP contribution in [0.25, 0.3) is 0 Å². The van der Waals surface area contributed by atoms with Gasteiger partial charge in [-0.15, -0.1) is 0 Å². The topological polar surface area (TPSA) is 105 Å². The summed E-state index contributed by atoms with van der Waals surface area (Å²) in [6, 6.07) is 8.62. The van der Waals surface area contributed by atoms with E-state index in [0.717, 1.165) is 12.0 Å². The van der Waals surface area contributed by atoms with Gasteiger partial charge in [-0.1, -0.05) is 43.0 Å². The van der Waals surface area contributed by atoms with Crippen LogP contribution in [0, 0.1) is 0 Å². The summed E-state index contributed by atoms with van der Waals surface area (Å²) in [4.78, 5) is 34.4. The van der Waals surface area contributed by atoms with E-state index in [9.17, 15) is 14.4 Å². The lowest BCUT2D eigenvalue weighted by atomic mass is 10.1. The van der Waals surface area contributed by atoms with Crippen molar-refractivity contribution >= 4 is 17.8 Å². The first-order chi connectivity index (χ1) is 11.5. The summed E-state index contributed by atoms with van der Waals surface area (Å²) in [7, 11) is 0. The van der Waals surface area contributed by atoms with Crippen molar-refractivity contribution < 1.29 is 24.2 Å². The molecule has 0 saturated carbocycles. The van der Waals surface area contributed by atoms with Gasteiger partial charge in [0.2, 0.25) is 0 Å². The first-order valence-electron chi connectivity index (χ1n) is 7.56. The number of carbonyl (C=O) groups excluding carboxylic acids is 2. The Morgan fingerprint density at radius 3 is 2.58 bits per heavy atom. The number of benzene rings is 1. The van der Waals surface area contributed by atoms with Gasteiger partial charge in [0.05, 0.1) is 13.0 Å². The molecule has 0 aromatic heterocycles. The Balaban J connectivity index is 2.41. The Morgan fingerprint density at radius 2 is 1.96 bits per heavy atom. The second kappa shape index (κ2) is 11.0. The Hall–Kier alpha value is -2.67. The van der Waals surface area contributed by atoms with Gasteiger partial charge in [-0.2, -0.15) is 0 Å². The fraction of sp³-hybridized carbons (Fsp3) is 0.353. The molecule has 7 nitrogen and oxygen atoms in total. The highest BCUT2D eigenvalue weighted by molar-refractivity contribution is 5.92. The van der Waals surface area contributed by atoms with E-state index in [-0.39, 0.29) is 13.2 Å². The highest BCUT2D eigenvalue weighted by Crippen LogP contribution is 1.99. The molecule has 1 aromatic rings. The summed E-state index contributed by atoms with van der Waals surface area (Å²) >= 11 is 0. The average Bonchev–Trinajstić information content (AvgIpc) is 2.56. The molecular formula is C17H22N2O5. The molecule has 24 heavy (non-hydrogen) atoms. The Labute approximate surface area is 140 Å². The van der Waals surface area contributed by atoms with E-state index in [1.807, 2.05) is 30.3 Å². The smallest absolute Gasteiger partial charge is 0.408 e. The minimum absolute atomic E-state index is 0.0187. The largest absolute Gasteiger partial charge is 0.481 e. The van der Waals surface area contributed by atoms with E-state index >= 15 is 0 Å². The number of rotatable bonds is 11. The first-order valence-corrected chi connectivity index (χ1v) is 7.56. The lowest BCUT2D eigenvalue weighted by molar-refractivity contribution is -0.139. The van der Waals surface area contributed by atoms with Crippen LogP contribution in [0.2, 0.25) is 0 Å². The highest BCUT2D eigenvalue weighted by Gasteiger charge is 2.23. The number of ketones is 1. The molecule has 0 radical (unpaired) electrons. The first kappa shape index (κ1) is 19.4. The summed E-state index contributed by atoms with van der Waals surface area (Å²) < 4.78 is 4.70. The van der Waals surface area contributed by atoms with Crippen molar-refractivity contribution in [2.75, 3.05) is 19.7 Å². The molecule has 1 amide bonds. The van der Waals surface area contributed by atoms with Crippen LogP contribution in [-0.2, 0) is 20.7 Å². The fourth-order valence-corrected chi connectivity index (χ4v) is 1.95. The second-order valence-corrected chi connectivity index (χ2v) is 5.06. The van der Waals surface area contributed by atoms with Crippen molar-refractivity contribution in [1.82, 2.24) is 10.6 Å². The number of nitrogens with one attached hydrogen (secondary N) is 2. The van der Waals surface area contributed by atoms with Crippen LogP contribution in [-0.4, -0.2) is 48.7 Å². The maximum absolute atomic E-state index is 12.1. The van der Waals surface area contributed by atoms with Gasteiger partial charge < -0.3 is 20.5 Å². The molecule has 0 bridgehead atoms. The van der Waals surface area contributed by atoms with E-state index in [2.05, 4.69) is 17.2 Å². The van der Waals surface area contributed by atoms with E-state index in [4.69, 9.17) is 9.84 Å². The summed E-state index contributed by atoms with van der Waals surface area (Å²) in [5.41, 5.74) is 1.13. The van der Waals surface area contributed by atoms with Crippen LogP contribution >= 0.6 is 0 Å². The second-order valence-electron chi connectivity index (χ2n) is 5.06. The Morgan fingerprint density at radius 1 is 1.25 bits per heavy atom. The number of hydrogen-bond donors (Lipinski definition) is 3. The van der Waals surface area contributed by atoms with Gasteiger partial charge in [0.15, 0.2) is 5.78 Å². The van der Waals surface area contributed by atoms with Crippen molar-refractivity contribution in [1.29, 1.82) is 0 Å². The van der Waals surface area contributed by atoms with Crippen molar-refractivity contribution in [2.45, 2.75) is 18.9 Å². The van der Waals surface area contributed by atoms with Gasteiger partial charge in [0, 0.05) is 0 Å². The van der Waals surface area contributed by atoms with Gasteiger partial charge in [-0.25, -0.2) is 4.79 Å². The Bertz CT molecular complexity index is 559. The molecule has 0 unspecified atom stereocenters. The Kier molecular flexibility index (Phi) is 8.85. The van der Waals surface area contributed by atoms with Crippen molar-refractivity contribution in [3.63, 3.8) is 0 Å². The number of aliphatic carboxylic acids is 1. The zero-order chi connectivity index (χ0) is 17.8. The molecule has 0 aliphatic rings. The summed E-state index contributed by atoms with van der Waals surface area (Å²) in [6.45, 7) is 3.91. The lowest BCUT2D eigenvalue weighted by Crippen LogP contribution is -2.46. The normalized spacial score (nSPS) is 11.3. The van der Waals surface area contributed by atoms with E-state index in [1.54, 1.807) is 0 Å². The van der Waals surface area contributed by atoms with Crippen LogP contribution < -0.4 is 10.6 Å². The number of Topliss-reactive ketones (excluding diaryl/α,β-unsaturated/α-hetero) is 1. The standard InChI is InChI=1S/C17H22N2O5/c1-2-10-24-17(23)19-14(11-16(21)22)15(20)12-18-9-8-13-6-4-3-5-7-13/h2-7,14,18H,1,8-12H2,(H,19,23)(H,21,22)/t14-/m0/s1. The number of hydrogen-bond acceptors (Lipinski definition) is 5. The summed E-state index contributed by atoms with van der Waals surface area (Å²) in [6.07, 6.45) is 0.770. The van der Waals surface area contributed by atoms with Gasteiger partial charge >= 0.3 is 12.1 Å². The fourth-order valence-electron chi connectivity index (χ4n) is 1.95. The van der Waals surface area contributed by atoms with Crippen LogP contribution in [0.15, 0.2) is 43.0 Å². The van der Waals surface area contributed by atoms with Crippen molar-refractivity contribution in [2.24, 2.45) is 0 Å². The van der Waals surface area contributed by atoms with E-state index in [1.165, 1.54) is 6.08 Å². The number of ether oxygens (including phenoxy) is 1. The molecule has 1 rings (SSSR count).